The highest BCUT2D eigenvalue weighted by molar-refractivity contribution is 7.88. The van der Waals surface area contributed by atoms with Crippen molar-refractivity contribution < 1.29 is 36.0 Å². The number of carbonyl (C=O) groups is 1. The Labute approximate surface area is 126 Å². The van der Waals surface area contributed by atoms with Gasteiger partial charge in [-0.05, 0) is 43.9 Å². The third kappa shape index (κ3) is 2.33. The second kappa shape index (κ2) is 4.61. The molecule has 2 atom stereocenters. The molecule has 2 unspecified atom stereocenters. The van der Waals surface area contributed by atoms with Gasteiger partial charge in [0.2, 0.25) is 0 Å². The van der Waals surface area contributed by atoms with Crippen LogP contribution in [0.15, 0.2) is 0 Å². The van der Waals surface area contributed by atoms with Crippen LogP contribution < -0.4 is 0 Å². The van der Waals surface area contributed by atoms with Crippen molar-refractivity contribution in [2.45, 2.75) is 55.0 Å². The van der Waals surface area contributed by atoms with Gasteiger partial charge in [0.1, 0.15) is 5.60 Å². The van der Waals surface area contributed by atoms with Gasteiger partial charge in [-0.2, -0.15) is 17.2 Å². The van der Waals surface area contributed by atoms with E-state index in [-0.39, 0.29) is 18.3 Å². The summed E-state index contributed by atoms with van der Waals surface area (Å²) in [5.41, 5.74) is -2.19. The first kappa shape index (κ1) is 16.1. The number of aliphatic hydroxyl groups is 1. The maximum absolute atomic E-state index is 13.7. The number of esters is 1. The summed E-state index contributed by atoms with van der Waals surface area (Å²) in [5, 5.41) is 5.71. The predicted molar refractivity (Wildman–Crippen MR) is 69.3 cm³/mol. The van der Waals surface area contributed by atoms with Gasteiger partial charge in [-0.25, -0.2) is 4.79 Å². The molecule has 22 heavy (non-hydrogen) atoms. The van der Waals surface area contributed by atoms with Crippen molar-refractivity contribution in [1.29, 1.82) is 0 Å². The molecule has 0 radical (unpaired) electrons. The highest BCUT2D eigenvalue weighted by atomic mass is 32.2. The molecule has 0 spiro atoms. The van der Waals surface area contributed by atoms with Gasteiger partial charge in [-0.1, -0.05) is 0 Å². The van der Waals surface area contributed by atoms with Crippen molar-refractivity contribution in [2.75, 3.05) is 7.11 Å². The summed E-state index contributed by atoms with van der Waals surface area (Å²) in [6.07, 6.45) is 2.91. The van der Waals surface area contributed by atoms with Gasteiger partial charge in [-0.15, -0.1) is 0 Å². The largest absolute Gasteiger partial charge is 0.466 e. The molecule has 0 saturated heterocycles. The lowest BCUT2D eigenvalue weighted by Crippen LogP contribution is -2.61. The number of carbonyl (C=O) groups excluding carboxylic acids is 1. The van der Waals surface area contributed by atoms with Crippen LogP contribution in [0.25, 0.3) is 0 Å². The Bertz CT molecular complexity index is 588. The summed E-state index contributed by atoms with van der Waals surface area (Å²) in [6, 6.07) is 0. The molecular weight excluding hydrogens is 322 g/mol. The third-order valence-electron chi connectivity index (χ3n) is 5.06. The molecule has 9 heteroatoms. The Morgan fingerprint density at radius 3 is 2.23 bits per heavy atom. The molecule has 0 aromatic heterocycles. The lowest BCUT2D eigenvalue weighted by Gasteiger charge is -2.59. The Morgan fingerprint density at radius 2 is 1.77 bits per heavy atom. The van der Waals surface area contributed by atoms with Gasteiger partial charge in [0.15, 0.2) is 0 Å². The average molecular weight is 340 g/mol. The van der Waals surface area contributed by atoms with E-state index in [1.165, 1.54) is 0 Å². The van der Waals surface area contributed by atoms with E-state index in [2.05, 4.69) is 4.18 Å². The van der Waals surface area contributed by atoms with Crippen molar-refractivity contribution >= 4 is 16.1 Å². The minimum Gasteiger partial charge on any atom is -0.454 e. The molecule has 6 nitrogen and oxygen atoms in total. The van der Waals surface area contributed by atoms with E-state index < -0.39 is 32.5 Å². The summed E-state index contributed by atoms with van der Waals surface area (Å²) in [5.74, 6) is -1.89. The van der Waals surface area contributed by atoms with Gasteiger partial charge in [0.25, 0.3) is 0 Å². The van der Waals surface area contributed by atoms with Crippen LogP contribution in [-0.4, -0.2) is 43.1 Å². The van der Waals surface area contributed by atoms with E-state index in [1.807, 2.05) is 0 Å². The molecule has 4 rings (SSSR count). The lowest BCUT2D eigenvalue weighted by molar-refractivity contribution is -0.228. The van der Waals surface area contributed by atoms with Gasteiger partial charge < -0.3 is 9.84 Å². The summed E-state index contributed by atoms with van der Waals surface area (Å²) >= 11 is 0. The topological polar surface area (TPSA) is 89.9 Å². The number of ether oxygens (including phenoxy) is 1. The first-order chi connectivity index (χ1) is 10.0. The normalized spacial score (nSPS) is 40.7. The van der Waals surface area contributed by atoms with Crippen LogP contribution in [0.2, 0.25) is 0 Å². The van der Waals surface area contributed by atoms with E-state index in [1.54, 1.807) is 0 Å². The van der Waals surface area contributed by atoms with Crippen LogP contribution in [0.5, 0.6) is 0 Å². The van der Waals surface area contributed by atoms with Crippen LogP contribution in [0.4, 0.5) is 8.78 Å². The van der Waals surface area contributed by atoms with Gasteiger partial charge in [0, 0.05) is 6.42 Å². The Kier molecular flexibility index (Phi) is 3.37. The highest BCUT2D eigenvalue weighted by Gasteiger charge is 2.63. The number of halogens is 2. The van der Waals surface area contributed by atoms with Crippen LogP contribution >= 0.6 is 0 Å². The quantitative estimate of drug-likeness (QED) is 0.611. The number of rotatable bonds is 4. The molecule has 0 heterocycles. The Morgan fingerprint density at radius 1 is 1.23 bits per heavy atom. The number of hydrogen-bond acceptors (Lipinski definition) is 6. The summed E-state index contributed by atoms with van der Waals surface area (Å²) < 4.78 is 58.5. The van der Waals surface area contributed by atoms with Crippen LogP contribution in [0.1, 0.15) is 38.5 Å². The van der Waals surface area contributed by atoms with Crippen molar-refractivity contribution in [3.8, 4) is 0 Å². The molecule has 0 aliphatic heterocycles. The zero-order valence-electron chi connectivity index (χ0n) is 12.0. The van der Waals surface area contributed by atoms with Crippen molar-refractivity contribution in [3.05, 3.63) is 0 Å². The summed E-state index contributed by atoms with van der Waals surface area (Å²) in [7, 11) is -4.81. The SMILES string of the molecule is COS(=O)(=O)C(F)(F)C(=O)OC12CC3CC(CC(O)(C3)C1)C2. The summed E-state index contributed by atoms with van der Waals surface area (Å²) in [4.78, 5) is 11.7. The third-order valence-corrected chi connectivity index (χ3v) is 6.29. The van der Waals surface area contributed by atoms with E-state index in [0.717, 1.165) is 6.42 Å². The minimum atomic E-state index is -5.37. The van der Waals surface area contributed by atoms with Crippen LogP contribution in [-0.2, 0) is 23.8 Å². The predicted octanol–water partition coefficient (Wildman–Crippen LogP) is 1.18. The Hall–Kier alpha value is -0.800. The van der Waals surface area contributed by atoms with Gasteiger partial charge >= 0.3 is 21.3 Å². The molecule has 4 aliphatic carbocycles. The fraction of sp³-hybridized carbons (Fsp3) is 0.923. The molecule has 4 aliphatic rings. The standard InChI is InChI=1S/C13H18F2O6S/c1-20-22(18,19)13(14,15)10(16)21-12-5-8-2-9(6-12)4-11(17,3-8)7-12/h8-9,17H,2-7H2,1H3. The fourth-order valence-electron chi connectivity index (χ4n) is 4.71. The van der Waals surface area contributed by atoms with Crippen molar-refractivity contribution in [3.63, 3.8) is 0 Å². The minimum absolute atomic E-state index is 0.0852. The van der Waals surface area contributed by atoms with Crippen molar-refractivity contribution in [1.82, 2.24) is 0 Å². The van der Waals surface area contributed by atoms with E-state index in [9.17, 15) is 27.1 Å². The maximum atomic E-state index is 13.7. The fourth-order valence-corrected chi connectivity index (χ4v) is 5.17. The molecule has 0 aromatic rings. The van der Waals surface area contributed by atoms with E-state index in [4.69, 9.17) is 4.74 Å². The zero-order valence-corrected chi connectivity index (χ0v) is 12.9. The second-order valence-electron chi connectivity index (χ2n) is 6.90. The molecule has 1 N–H and O–H groups in total. The first-order valence-corrected chi connectivity index (χ1v) is 8.56. The molecule has 0 amide bonds. The van der Waals surface area contributed by atoms with E-state index >= 15 is 0 Å². The molecule has 4 fully saturated rings. The van der Waals surface area contributed by atoms with Gasteiger partial charge in [-0.3, -0.25) is 4.18 Å². The van der Waals surface area contributed by atoms with Crippen molar-refractivity contribution in [2.24, 2.45) is 11.8 Å². The molecule has 4 bridgehead atoms. The Balaban J connectivity index is 1.83. The first-order valence-electron chi connectivity index (χ1n) is 7.15. The summed E-state index contributed by atoms with van der Waals surface area (Å²) in [6.45, 7) is 0. The smallest absolute Gasteiger partial charge is 0.454 e. The van der Waals surface area contributed by atoms with Crippen LogP contribution in [0.3, 0.4) is 0 Å². The molecule has 126 valence electrons. The van der Waals surface area contributed by atoms with Gasteiger partial charge in [0.05, 0.1) is 12.7 Å². The zero-order chi connectivity index (χ0) is 16.4. The monoisotopic (exact) mass is 340 g/mol. The molecular formula is C13H18F2O6S. The molecule has 4 saturated carbocycles. The number of hydrogen-bond donors (Lipinski definition) is 1. The second-order valence-corrected chi connectivity index (χ2v) is 8.65. The average Bonchev–Trinajstić information content (AvgIpc) is 2.34. The highest BCUT2D eigenvalue weighted by Crippen LogP contribution is 2.59. The van der Waals surface area contributed by atoms with E-state index in [0.29, 0.717) is 32.8 Å². The maximum Gasteiger partial charge on any atom is 0.466 e. The van der Waals surface area contributed by atoms with Crippen LogP contribution in [0, 0.1) is 11.8 Å². The molecule has 0 aromatic carbocycles. The number of alkyl halides is 2. The lowest BCUT2D eigenvalue weighted by atomic mass is 9.52.